The molecule has 1 N–H and O–H groups in total. The maximum absolute atomic E-state index is 13.6. The summed E-state index contributed by atoms with van der Waals surface area (Å²) in [6.07, 6.45) is 0. The number of hydrogen-bond donors (Lipinski definition) is 1. The van der Waals surface area contributed by atoms with Crippen molar-refractivity contribution in [3.8, 4) is 0 Å². The summed E-state index contributed by atoms with van der Waals surface area (Å²) in [7, 11) is 0. The molecule has 7 heteroatoms. The van der Waals surface area contributed by atoms with Crippen LogP contribution in [-0.4, -0.2) is 4.92 Å². The van der Waals surface area contributed by atoms with Gasteiger partial charge >= 0.3 is 0 Å². The van der Waals surface area contributed by atoms with E-state index in [0.29, 0.717) is 0 Å². The van der Waals surface area contributed by atoms with E-state index in [1.165, 1.54) is 11.3 Å². The van der Waals surface area contributed by atoms with E-state index in [1.807, 2.05) is 19.1 Å². The largest absolute Gasteiger partial charge is 0.372 e. The van der Waals surface area contributed by atoms with Crippen LogP contribution in [0.3, 0.4) is 0 Å². The molecule has 0 aliphatic rings. The molecule has 4 nitrogen and oxygen atoms in total. The molecule has 0 atom stereocenters. The van der Waals surface area contributed by atoms with Gasteiger partial charge in [0.25, 0.3) is 5.69 Å². The minimum Gasteiger partial charge on any atom is -0.372 e. The number of thiophene rings is 1. The number of rotatable bonds is 4. The second-order valence-electron chi connectivity index (χ2n) is 3.88. The normalized spacial score (nSPS) is 10.5. The second kappa shape index (κ2) is 5.31. The first-order valence-electron chi connectivity index (χ1n) is 5.40. The van der Waals surface area contributed by atoms with Crippen molar-refractivity contribution in [2.75, 3.05) is 5.32 Å². The van der Waals surface area contributed by atoms with E-state index in [2.05, 4.69) is 5.32 Å². The zero-order valence-electron chi connectivity index (χ0n) is 9.94. The number of benzene rings is 1. The summed E-state index contributed by atoms with van der Waals surface area (Å²) < 4.78 is 26.7. The first kappa shape index (κ1) is 13.4. The van der Waals surface area contributed by atoms with E-state index in [1.54, 1.807) is 0 Å². The summed E-state index contributed by atoms with van der Waals surface area (Å²) in [5.74, 6) is -2.35. The molecular formula is C12H10F2N2O2S. The fraction of sp³-hybridized carbons (Fsp3) is 0.167. The van der Waals surface area contributed by atoms with Gasteiger partial charge in [-0.15, -0.1) is 11.3 Å². The molecule has 1 aromatic carbocycles. The Kier molecular flexibility index (Phi) is 3.75. The standard InChI is InChI=1S/C12H10F2N2O2S/c1-7-2-3-8(19-7)6-15-12-10(16(17)18)5-4-9(13)11(12)14/h2-5,15H,6H2,1H3. The summed E-state index contributed by atoms with van der Waals surface area (Å²) in [5, 5.41) is 13.4. The van der Waals surface area contributed by atoms with E-state index >= 15 is 0 Å². The molecule has 0 bridgehead atoms. The molecular weight excluding hydrogens is 274 g/mol. The molecule has 100 valence electrons. The highest BCUT2D eigenvalue weighted by atomic mass is 32.1. The maximum Gasteiger partial charge on any atom is 0.295 e. The lowest BCUT2D eigenvalue weighted by Crippen LogP contribution is -2.05. The molecule has 0 saturated carbocycles. The SMILES string of the molecule is Cc1ccc(CNc2c([N+](=O)[O-])ccc(F)c2F)s1. The third-order valence-electron chi connectivity index (χ3n) is 2.50. The van der Waals surface area contributed by atoms with E-state index in [-0.39, 0.29) is 6.54 Å². The van der Waals surface area contributed by atoms with Crippen LogP contribution < -0.4 is 5.32 Å². The van der Waals surface area contributed by atoms with E-state index in [9.17, 15) is 18.9 Å². The van der Waals surface area contributed by atoms with E-state index < -0.39 is 27.9 Å². The Balaban J connectivity index is 2.28. The molecule has 2 aromatic rings. The van der Waals surface area contributed by atoms with Crippen LogP contribution in [0, 0.1) is 28.7 Å². The fourth-order valence-electron chi connectivity index (χ4n) is 1.62. The molecule has 0 unspecified atom stereocenters. The fourth-order valence-corrected chi connectivity index (χ4v) is 2.45. The van der Waals surface area contributed by atoms with E-state index in [4.69, 9.17) is 0 Å². The predicted octanol–water partition coefficient (Wildman–Crippen LogP) is 3.86. The molecule has 0 amide bonds. The van der Waals surface area contributed by atoms with Crippen molar-refractivity contribution in [2.45, 2.75) is 13.5 Å². The molecule has 0 aliphatic heterocycles. The zero-order chi connectivity index (χ0) is 14.0. The third kappa shape index (κ3) is 2.87. The summed E-state index contributed by atoms with van der Waals surface area (Å²) in [5.41, 5.74) is -0.900. The van der Waals surface area contributed by atoms with Crippen molar-refractivity contribution in [1.82, 2.24) is 0 Å². The number of nitro benzene ring substituents is 1. The summed E-state index contributed by atoms with van der Waals surface area (Å²) >= 11 is 1.48. The van der Waals surface area contributed by atoms with Gasteiger partial charge in [0.05, 0.1) is 4.92 Å². The van der Waals surface area contributed by atoms with Crippen LogP contribution in [0.1, 0.15) is 9.75 Å². The molecule has 0 aliphatic carbocycles. The van der Waals surface area contributed by atoms with Gasteiger partial charge in [-0.3, -0.25) is 10.1 Å². The van der Waals surface area contributed by atoms with Crippen LogP contribution in [0.5, 0.6) is 0 Å². The Bertz CT molecular complexity index is 628. The Hall–Kier alpha value is -2.02. The molecule has 2 rings (SSSR count). The third-order valence-corrected chi connectivity index (χ3v) is 3.51. The molecule has 19 heavy (non-hydrogen) atoms. The lowest BCUT2D eigenvalue weighted by molar-refractivity contribution is -0.384. The quantitative estimate of drug-likeness (QED) is 0.685. The molecule has 1 aromatic heterocycles. The van der Waals surface area contributed by atoms with Crippen LogP contribution >= 0.6 is 11.3 Å². The Morgan fingerprint density at radius 2 is 2.05 bits per heavy atom. The first-order chi connectivity index (χ1) is 8.99. The van der Waals surface area contributed by atoms with Crippen LogP contribution in [-0.2, 0) is 6.54 Å². The average Bonchev–Trinajstić information content (AvgIpc) is 2.76. The lowest BCUT2D eigenvalue weighted by Gasteiger charge is -2.07. The molecule has 0 fully saturated rings. The monoisotopic (exact) mass is 284 g/mol. The van der Waals surface area contributed by atoms with Gasteiger partial charge in [-0.1, -0.05) is 0 Å². The summed E-state index contributed by atoms with van der Waals surface area (Å²) in [6.45, 7) is 2.12. The van der Waals surface area contributed by atoms with E-state index in [0.717, 1.165) is 21.9 Å². The predicted molar refractivity (Wildman–Crippen MR) is 69.4 cm³/mol. The minimum absolute atomic E-state index is 0.208. The van der Waals surface area contributed by atoms with Crippen LogP contribution in [0.15, 0.2) is 24.3 Å². The van der Waals surface area contributed by atoms with Crippen molar-refractivity contribution < 1.29 is 13.7 Å². The zero-order valence-corrected chi connectivity index (χ0v) is 10.8. The average molecular weight is 284 g/mol. The highest BCUT2D eigenvalue weighted by Gasteiger charge is 2.21. The number of nitrogens with zero attached hydrogens (tertiary/aromatic N) is 1. The van der Waals surface area contributed by atoms with Crippen LogP contribution in [0.25, 0.3) is 0 Å². The Labute approximate surface area is 111 Å². The van der Waals surface area contributed by atoms with Crippen molar-refractivity contribution >= 4 is 22.7 Å². The second-order valence-corrected chi connectivity index (χ2v) is 5.25. The van der Waals surface area contributed by atoms with Gasteiger partial charge in [0.2, 0.25) is 0 Å². The van der Waals surface area contributed by atoms with Gasteiger partial charge in [0, 0.05) is 22.4 Å². The Morgan fingerprint density at radius 1 is 1.32 bits per heavy atom. The number of hydrogen-bond acceptors (Lipinski definition) is 4. The summed E-state index contributed by atoms with van der Waals surface area (Å²) in [4.78, 5) is 12.0. The number of halogens is 2. The molecule has 1 heterocycles. The van der Waals surface area contributed by atoms with Crippen molar-refractivity contribution in [2.24, 2.45) is 0 Å². The number of aryl methyl sites for hydroxylation is 1. The van der Waals surface area contributed by atoms with Gasteiger partial charge in [-0.05, 0) is 25.1 Å². The molecule has 0 spiro atoms. The highest BCUT2D eigenvalue weighted by Crippen LogP contribution is 2.30. The van der Waals surface area contributed by atoms with Crippen molar-refractivity contribution in [3.63, 3.8) is 0 Å². The number of nitrogens with one attached hydrogen (secondary N) is 1. The van der Waals surface area contributed by atoms with Crippen molar-refractivity contribution in [3.05, 3.63) is 55.8 Å². The Morgan fingerprint density at radius 3 is 2.63 bits per heavy atom. The molecule has 0 saturated heterocycles. The lowest BCUT2D eigenvalue weighted by atomic mass is 10.2. The minimum atomic E-state index is -1.23. The van der Waals surface area contributed by atoms with Gasteiger partial charge in [-0.2, -0.15) is 0 Å². The summed E-state index contributed by atoms with van der Waals surface area (Å²) in [6, 6.07) is 5.41. The highest BCUT2D eigenvalue weighted by molar-refractivity contribution is 7.11. The first-order valence-corrected chi connectivity index (χ1v) is 6.22. The van der Waals surface area contributed by atoms with Crippen LogP contribution in [0.2, 0.25) is 0 Å². The maximum atomic E-state index is 13.6. The molecule has 0 radical (unpaired) electrons. The van der Waals surface area contributed by atoms with Gasteiger partial charge in [0.15, 0.2) is 17.3 Å². The van der Waals surface area contributed by atoms with Gasteiger partial charge in [0.1, 0.15) is 0 Å². The number of anilines is 1. The topological polar surface area (TPSA) is 55.2 Å². The smallest absolute Gasteiger partial charge is 0.295 e. The van der Waals surface area contributed by atoms with Crippen LogP contribution in [0.4, 0.5) is 20.2 Å². The number of nitro groups is 1. The van der Waals surface area contributed by atoms with Gasteiger partial charge < -0.3 is 5.32 Å². The van der Waals surface area contributed by atoms with Crippen molar-refractivity contribution in [1.29, 1.82) is 0 Å². The van der Waals surface area contributed by atoms with Gasteiger partial charge in [-0.25, -0.2) is 8.78 Å².